The average molecular weight is 383 g/mol. The third-order valence-electron chi connectivity index (χ3n) is 4.22. The molecule has 0 atom stereocenters. The summed E-state index contributed by atoms with van der Waals surface area (Å²) in [5.74, 6) is 0.492. The van der Waals surface area contributed by atoms with E-state index in [1.807, 2.05) is 19.1 Å². The molecule has 4 rings (SSSR count). The minimum Gasteiger partial charge on any atom is -0.354 e. The van der Waals surface area contributed by atoms with Crippen molar-refractivity contribution in [1.29, 1.82) is 0 Å². The summed E-state index contributed by atoms with van der Waals surface area (Å²) in [4.78, 5) is 16.2. The highest BCUT2D eigenvalue weighted by molar-refractivity contribution is 5.85. The topological polar surface area (TPSA) is 84.3 Å². The summed E-state index contributed by atoms with van der Waals surface area (Å²) in [5, 5.41) is 8.44. The molecule has 0 amide bonds. The molecule has 0 fully saturated rings. The molecule has 4 aromatic heterocycles. The molecule has 2 N–H and O–H groups in total. The van der Waals surface area contributed by atoms with Crippen molar-refractivity contribution in [2.75, 3.05) is 11.9 Å². The highest BCUT2D eigenvalue weighted by Gasteiger charge is 2.17. The van der Waals surface area contributed by atoms with Gasteiger partial charge in [-0.25, -0.2) is 23.7 Å². The van der Waals surface area contributed by atoms with Crippen molar-refractivity contribution in [2.24, 2.45) is 0 Å². The lowest BCUT2D eigenvalue weighted by molar-refractivity contribution is 0.122. The van der Waals surface area contributed by atoms with E-state index in [1.165, 1.54) is 4.68 Å². The predicted molar refractivity (Wildman–Crippen MR) is 103 cm³/mol. The van der Waals surface area contributed by atoms with Crippen LogP contribution in [0.3, 0.4) is 0 Å². The second-order valence-electron chi connectivity index (χ2n) is 6.34. The second kappa shape index (κ2) is 7.71. The molecule has 0 saturated carbocycles. The number of rotatable bonds is 7. The molecule has 9 heteroatoms. The molecule has 7 nitrogen and oxygen atoms in total. The number of hydrogen-bond acceptors (Lipinski definition) is 5. The van der Waals surface area contributed by atoms with Gasteiger partial charge in [-0.15, -0.1) is 0 Å². The van der Waals surface area contributed by atoms with Crippen LogP contribution in [0.4, 0.5) is 14.7 Å². The van der Waals surface area contributed by atoms with E-state index in [2.05, 4.69) is 30.4 Å². The fourth-order valence-electron chi connectivity index (χ4n) is 2.96. The first-order valence-electron chi connectivity index (χ1n) is 9.00. The van der Waals surface area contributed by atoms with Gasteiger partial charge in [0.1, 0.15) is 17.9 Å². The van der Waals surface area contributed by atoms with Crippen molar-refractivity contribution >= 4 is 17.0 Å². The van der Waals surface area contributed by atoms with Gasteiger partial charge >= 0.3 is 0 Å². The van der Waals surface area contributed by atoms with Crippen LogP contribution in [0.1, 0.15) is 13.3 Å². The van der Waals surface area contributed by atoms with Gasteiger partial charge in [-0.05, 0) is 24.6 Å². The summed E-state index contributed by atoms with van der Waals surface area (Å²) >= 11 is 0. The van der Waals surface area contributed by atoms with Crippen LogP contribution in [-0.4, -0.2) is 42.7 Å². The molecule has 0 aliphatic carbocycles. The number of nitrogens with one attached hydrogen (secondary N) is 2. The summed E-state index contributed by atoms with van der Waals surface area (Å²) in [6, 6.07) is 5.57. The third kappa shape index (κ3) is 3.68. The molecule has 0 saturated heterocycles. The highest BCUT2D eigenvalue weighted by Crippen LogP contribution is 2.31. The zero-order valence-corrected chi connectivity index (χ0v) is 15.2. The standard InChI is InChI=1S/C19H19F2N7/c1-2-5-23-19-24-7-4-15(26-19)14-10-28(11-16(20)21)27-17(14)13-8-12-3-6-22-18(12)25-9-13/h3-4,6-10,16H,2,5,11H2,1H3,(H,22,25)(H,23,24,26). The molecule has 0 spiro atoms. The van der Waals surface area contributed by atoms with Crippen LogP contribution in [0, 0.1) is 0 Å². The van der Waals surface area contributed by atoms with Crippen molar-refractivity contribution in [3.63, 3.8) is 0 Å². The third-order valence-corrected chi connectivity index (χ3v) is 4.22. The molecule has 0 unspecified atom stereocenters. The molecule has 0 bridgehead atoms. The summed E-state index contributed by atoms with van der Waals surface area (Å²) in [5.41, 5.74) is 3.30. The lowest BCUT2D eigenvalue weighted by Crippen LogP contribution is -2.06. The molecule has 0 aliphatic heterocycles. The maximum atomic E-state index is 12.9. The average Bonchev–Trinajstić information content (AvgIpc) is 3.32. The summed E-state index contributed by atoms with van der Waals surface area (Å²) < 4.78 is 27.1. The van der Waals surface area contributed by atoms with E-state index in [-0.39, 0.29) is 0 Å². The van der Waals surface area contributed by atoms with Gasteiger partial charge in [0, 0.05) is 47.8 Å². The van der Waals surface area contributed by atoms with Crippen LogP contribution >= 0.6 is 0 Å². The van der Waals surface area contributed by atoms with Crippen LogP contribution in [-0.2, 0) is 6.54 Å². The Morgan fingerprint density at radius 3 is 2.96 bits per heavy atom. The van der Waals surface area contributed by atoms with E-state index >= 15 is 0 Å². The number of aromatic nitrogens is 6. The molecule has 4 aromatic rings. The Balaban J connectivity index is 1.80. The molecule has 144 valence electrons. The van der Waals surface area contributed by atoms with E-state index in [4.69, 9.17) is 0 Å². The fourth-order valence-corrected chi connectivity index (χ4v) is 2.96. The summed E-state index contributed by atoms with van der Waals surface area (Å²) in [6.45, 7) is 2.31. The van der Waals surface area contributed by atoms with Gasteiger partial charge in [0.05, 0.1) is 5.69 Å². The molecular formula is C19H19F2N7. The number of fused-ring (bicyclic) bond motifs is 1. The number of hydrogen-bond donors (Lipinski definition) is 2. The Morgan fingerprint density at radius 1 is 1.25 bits per heavy atom. The lowest BCUT2D eigenvalue weighted by atomic mass is 10.1. The Hall–Kier alpha value is -3.36. The zero-order chi connectivity index (χ0) is 19.5. The maximum absolute atomic E-state index is 12.9. The maximum Gasteiger partial charge on any atom is 0.257 e. The zero-order valence-electron chi connectivity index (χ0n) is 15.2. The van der Waals surface area contributed by atoms with E-state index in [9.17, 15) is 8.78 Å². The fraction of sp³-hybridized carbons (Fsp3) is 0.263. The first kappa shape index (κ1) is 18.0. The van der Waals surface area contributed by atoms with Gasteiger partial charge in [0.2, 0.25) is 5.95 Å². The highest BCUT2D eigenvalue weighted by atomic mass is 19.3. The largest absolute Gasteiger partial charge is 0.354 e. The number of H-pyrrole nitrogens is 1. The van der Waals surface area contributed by atoms with E-state index in [0.717, 1.165) is 29.6 Å². The summed E-state index contributed by atoms with van der Waals surface area (Å²) in [7, 11) is 0. The smallest absolute Gasteiger partial charge is 0.257 e. The summed E-state index contributed by atoms with van der Waals surface area (Å²) in [6.07, 6.45) is 5.14. The van der Waals surface area contributed by atoms with Crippen LogP contribution in [0.5, 0.6) is 0 Å². The van der Waals surface area contributed by atoms with Gasteiger partial charge in [0.25, 0.3) is 6.43 Å². The first-order valence-corrected chi connectivity index (χ1v) is 9.00. The van der Waals surface area contributed by atoms with Gasteiger partial charge in [-0.1, -0.05) is 6.92 Å². The number of halogens is 2. The minimum atomic E-state index is -2.50. The Labute approximate surface area is 159 Å². The van der Waals surface area contributed by atoms with Gasteiger partial charge in [-0.2, -0.15) is 5.10 Å². The quantitative estimate of drug-likeness (QED) is 0.504. The van der Waals surface area contributed by atoms with Gasteiger partial charge < -0.3 is 10.3 Å². The second-order valence-corrected chi connectivity index (χ2v) is 6.34. The normalized spacial score (nSPS) is 11.4. The van der Waals surface area contributed by atoms with Crippen molar-refractivity contribution in [3.05, 3.63) is 43.0 Å². The monoisotopic (exact) mass is 383 g/mol. The van der Waals surface area contributed by atoms with Crippen LogP contribution in [0.25, 0.3) is 33.5 Å². The SMILES string of the molecule is CCCNc1nccc(-c2cn(CC(F)F)nc2-c2cnc3[nH]ccc3c2)n1. The van der Waals surface area contributed by atoms with Crippen LogP contribution < -0.4 is 5.32 Å². The van der Waals surface area contributed by atoms with Gasteiger partial charge in [0.15, 0.2) is 0 Å². The molecule has 0 aromatic carbocycles. The number of nitrogens with zero attached hydrogens (tertiary/aromatic N) is 5. The minimum absolute atomic E-state index is 0.487. The molecule has 0 radical (unpaired) electrons. The van der Waals surface area contributed by atoms with E-state index < -0.39 is 13.0 Å². The number of aromatic amines is 1. The Morgan fingerprint density at radius 2 is 2.14 bits per heavy atom. The van der Waals surface area contributed by atoms with Gasteiger partial charge in [-0.3, -0.25) is 4.68 Å². The predicted octanol–water partition coefficient (Wildman–Crippen LogP) is 3.97. The molecular weight excluding hydrogens is 364 g/mol. The van der Waals surface area contributed by atoms with E-state index in [0.29, 0.717) is 22.9 Å². The van der Waals surface area contributed by atoms with Crippen molar-refractivity contribution in [1.82, 2.24) is 29.7 Å². The Kier molecular flexibility index (Phi) is 4.96. The number of anilines is 1. The first-order chi connectivity index (χ1) is 13.6. The lowest BCUT2D eigenvalue weighted by Gasteiger charge is -2.06. The van der Waals surface area contributed by atoms with Crippen LogP contribution in [0.15, 0.2) is 43.0 Å². The number of pyridine rings is 1. The van der Waals surface area contributed by atoms with Crippen molar-refractivity contribution in [2.45, 2.75) is 26.3 Å². The molecule has 28 heavy (non-hydrogen) atoms. The van der Waals surface area contributed by atoms with Crippen molar-refractivity contribution in [3.8, 4) is 22.5 Å². The molecule has 0 aliphatic rings. The van der Waals surface area contributed by atoms with Crippen molar-refractivity contribution < 1.29 is 8.78 Å². The number of alkyl halides is 2. The van der Waals surface area contributed by atoms with E-state index in [1.54, 1.807) is 30.9 Å². The Bertz CT molecular complexity index is 1090. The van der Waals surface area contributed by atoms with Crippen LogP contribution in [0.2, 0.25) is 0 Å². The molecule has 4 heterocycles.